The normalized spacial score (nSPS) is 14.3. The van der Waals surface area contributed by atoms with Crippen LogP contribution in [0.2, 0.25) is 0 Å². The molecule has 1 fully saturated rings. The summed E-state index contributed by atoms with van der Waals surface area (Å²) >= 11 is 0. The minimum atomic E-state index is -0.490. The number of nitrogens with one attached hydrogen (secondary N) is 1. The van der Waals surface area contributed by atoms with Crippen LogP contribution in [0.3, 0.4) is 0 Å². The van der Waals surface area contributed by atoms with Gasteiger partial charge in [-0.1, -0.05) is 25.0 Å². The average Bonchev–Trinajstić information content (AvgIpc) is 3.26. The van der Waals surface area contributed by atoms with Crippen molar-refractivity contribution in [2.75, 3.05) is 0 Å². The van der Waals surface area contributed by atoms with Gasteiger partial charge < -0.3 is 10.1 Å². The van der Waals surface area contributed by atoms with Gasteiger partial charge in [0, 0.05) is 12.2 Å². The van der Waals surface area contributed by atoms with E-state index in [1.807, 2.05) is 51.1 Å². The van der Waals surface area contributed by atoms with Gasteiger partial charge >= 0.3 is 0 Å². The number of rotatable bonds is 5. The Morgan fingerprint density at radius 2 is 1.91 bits per heavy atom. The van der Waals surface area contributed by atoms with Crippen molar-refractivity contribution in [1.29, 1.82) is 5.26 Å². The zero-order valence-electron chi connectivity index (χ0n) is 19.0. The zero-order chi connectivity index (χ0) is 23.5. The van der Waals surface area contributed by atoms with Crippen LogP contribution in [0.4, 0.5) is 0 Å². The first-order chi connectivity index (χ1) is 15.9. The monoisotopic (exact) mass is 442 g/mol. The lowest BCUT2D eigenvalue weighted by atomic mass is 10.1. The predicted molar refractivity (Wildman–Crippen MR) is 126 cm³/mol. The molecule has 1 aromatic carbocycles. The lowest BCUT2D eigenvalue weighted by molar-refractivity contribution is -0.117. The number of aromatic nitrogens is 2. The average molecular weight is 443 g/mol. The molecule has 4 rings (SSSR count). The SMILES string of the molecule is Cc1cc(C)cc(Oc2nc3c(C)cccn3c(=O)c2C=C(C#N)C(=O)NC2CCCC2)c1. The first kappa shape index (κ1) is 22.3. The molecule has 0 aliphatic heterocycles. The molecule has 0 saturated heterocycles. The third-order valence-electron chi connectivity index (χ3n) is 5.80. The second-order valence-corrected chi connectivity index (χ2v) is 8.57. The third kappa shape index (κ3) is 4.80. The minimum absolute atomic E-state index is 0.0513. The van der Waals surface area contributed by atoms with E-state index in [0.29, 0.717) is 11.4 Å². The summed E-state index contributed by atoms with van der Waals surface area (Å²) in [4.78, 5) is 30.7. The summed E-state index contributed by atoms with van der Waals surface area (Å²) in [6.45, 7) is 5.76. The molecule has 1 N–H and O–H groups in total. The van der Waals surface area contributed by atoms with Crippen LogP contribution >= 0.6 is 0 Å². The number of carbonyl (C=O) groups is 1. The molecule has 1 aliphatic rings. The lowest BCUT2D eigenvalue weighted by Crippen LogP contribution is -2.33. The highest BCUT2D eigenvalue weighted by Gasteiger charge is 2.21. The molecule has 0 spiro atoms. The number of hydrogen-bond acceptors (Lipinski definition) is 5. The van der Waals surface area contributed by atoms with E-state index in [4.69, 9.17) is 4.74 Å². The number of carbonyl (C=O) groups excluding carboxylic acids is 1. The van der Waals surface area contributed by atoms with Gasteiger partial charge in [-0.05, 0) is 74.6 Å². The molecule has 0 atom stereocenters. The number of benzene rings is 1. The Morgan fingerprint density at radius 1 is 1.21 bits per heavy atom. The van der Waals surface area contributed by atoms with Crippen molar-refractivity contribution in [3.8, 4) is 17.7 Å². The van der Waals surface area contributed by atoms with E-state index in [-0.39, 0.29) is 23.1 Å². The first-order valence-electron chi connectivity index (χ1n) is 11.1. The maximum absolute atomic E-state index is 13.4. The van der Waals surface area contributed by atoms with Crippen molar-refractivity contribution in [3.63, 3.8) is 0 Å². The summed E-state index contributed by atoms with van der Waals surface area (Å²) in [5.41, 5.74) is 2.75. The van der Waals surface area contributed by atoms with Gasteiger partial charge in [0.15, 0.2) is 0 Å². The maximum atomic E-state index is 13.4. The van der Waals surface area contributed by atoms with Crippen molar-refractivity contribution in [3.05, 3.63) is 74.7 Å². The second-order valence-electron chi connectivity index (χ2n) is 8.57. The van der Waals surface area contributed by atoms with Crippen LogP contribution in [0.15, 0.2) is 46.9 Å². The fourth-order valence-corrected chi connectivity index (χ4v) is 4.22. The molecule has 2 aromatic heterocycles. The molecular formula is C26H26N4O3. The highest BCUT2D eigenvalue weighted by atomic mass is 16.5. The highest BCUT2D eigenvalue weighted by Crippen LogP contribution is 2.26. The number of pyridine rings is 1. The van der Waals surface area contributed by atoms with Crippen LogP contribution in [0, 0.1) is 32.1 Å². The molecule has 2 heterocycles. The number of aryl methyl sites for hydroxylation is 3. The van der Waals surface area contributed by atoms with Crippen molar-refractivity contribution >= 4 is 17.6 Å². The summed E-state index contributed by atoms with van der Waals surface area (Å²) in [7, 11) is 0. The summed E-state index contributed by atoms with van der Waals surface area (Å²) in [6.07, 6.45) is 6.79. The molecule has 1 saturated carbocycles. The van der Waals surface area contributed by atoms with Gasteiger partial charge in [-0.25, -0.2) is 0 Å². The number of fused-ring (bicyclic) bond motifs is 1. The van der Waals surface area contributed by atoms with Crippen LogP contribution in [-0.4, -0.2) is 21.3 Å². The quantitative estimate of drug-likeness (QED) is 0.467. The van der Waals surface area contributed by atoms with Gasteiger partial charge in [0.05, 0.1) is 0 Å². The Bertz CT molecular complexity index is 1340. The molecule has 1 amide bonds. The number of hydrogen-bond donors (Lipinski definition) is 1. The molecule has 0 bridgehead atoms. The summed E-state index contributed by atoms with van der Waals surface area (Å²) in [5.74, 6) is 0.0945. The Morgan fingerprint density at radius 3 is 2.58 bits per heavy atom. The number of ether oxygens (including phenoxy) is 1. The van der Waals surface area contributed by atoms with Gasteiger partial charge in [0.2, 0.25) is 5.88 Å². The van der Waals surface area contributed by atoms with Crippen LogP contribution in [-0.2, 0) is 4.79 Å². The third-order valence-corrected chi connectivity index (χ3v) is 5.80. The van der Waals surface area contributed by atoms with E-state index < -0.39 is 11.5 Å². The smallest absolute Gasteiger partial charge is 0.269 e. The Balaban J connectivity index is 1.84. The van der Waals surface area contributed by atoms with Crippen LogP contribution < -0.4 is 15.6 Å². The van der Waals surface area contributed by atoms with Crippen molar-refractivity contribution in [2.45, 2.75) is 52.5 Å². The number of nitrogens with zero attached hydrogens (tertiary/aromatic N) is 3. The Kier molecular flexibility index (Phi) is 6.27. The van der Waals surface area contributed by atoms with E-state index in [2.05, 4.69) is 10.3 Å². The molecule has 3 aromatic rings. The fraction of sp³-hybridized carbons (Fsp3) is 0.308. The van der Waals surface area contributed by atoms with Gasteiger partial charge in [-0.3, -0.25) is 14.0 Å². The van der Waals surface area contributed by atoms with Gasteiger partial charge in [0.25, 0.3) is 11.5 Å². The van der Waals surface area contributed by atoms with Crippen LogP contribution in [0.5, 0.6) is 11.6 Å². The van der Waals surface area contributed by atoms with Gasteiger partial charge in [0.1, 0.15) is 28.6 Å². The standard InChI is InChI=1S/C26H26N4O3/c1-16-11-17(2)13-21(12-16)33-25-22(26(32)30-10-6-7-18(3)23(30)29-25)14-19(15-27)24(31)28-20-8-4-5-9-20/h6-7,10-14,20H,4-5,8-9H2,1-3H3,(H,28,31). The van der Waals surface area contributed by atoms with Crippen LogP contribution in [0.25, 0.3) is 11.7 Å². The molecule has 33 heavy (non-hydrogen) atoms. The number of nitriles is 1. The molecule has 0 unspecified atom stereocenters. The number of amides is 1. The predicted octanol–water partition coefficient (Wildman–Crippen LogP) is 4.38. The molecule has 7 heteroatoms. The van der Waals surface area contributed by atoms with Crippen molar-refractivity contribution in [2.24, 2.45) is 0 Å². The molecule has 168 valence electrons. The summed E-state index contributed by atoms with van der Waals surface area (Å²) < 4.78 is 7.47. The van der Waals surface area contributed by atoms with Crippen LogP contribution in [0.1, 0.15) is 47.9 Å². The van der Waals surface area contributed by atoms with E-state index >= 15 is 0 Å². The molecule has 1 aliphatic carbocycles. The van der Waals surface area contributed by atoms with E-state index in [0.717, 1.165) is 42.4 Å². The van der Waals surface area contributed by atoms with Gasteiger partial charge in [-0.15, -0.1) is 0 Å². The van der Waals surface area contributed by atoms with E-state index in [9.17, 15) is 14.9 Å². The topological polar surface area (TPSA) is 96.5 Å². The van der Waals surface area contributed by atoms with Gasteiger partial charge in [-0.2, -0.15) is 10.2 Å². The molecule has 7 nitrogen and oxygen atoms in total. The van der Waals surface area contributed by atoms with E-state index in [1.54, 1.807) is 12.3 Å². The Labute approximate surface area is 192 Å². The summed E-state index contributed by atoms with van der Waals surface area (Å²) in [5, 5.41) is 12.6. The molecular weight excluding hydrogens is 416 g/mol. The Hall–Kier alpha value is -3.92. The maximum Gasteiger partial charge on any atom is 0.269 e. The zero-order valence-corrected chi connectivity index (χ0v) is 19.0. The van der Waals surface area contributed by atoms with Crippen molar-refractivity contribution < 1.29 is 9.53 Å². The fourth-order valence-electron chi connectivity index (χ4n) is 4.22. The first-order valence-corrected chi connectivity index (χ1v) is 11.1. The lowest BCUT2D eigenvalue weighted by Gasteiger charge is -2.13. The van der Waals surface area contributed by atoms with Crippen molar-refractivity contribution in [1.82, 2.24) is 14.7 Å². The summed E-state index contributed by atoms with van der Waals surface area (Å²) in [6, 6.07) is 11.3. The largest absolute Gasteiger partial charge is 0.438 e. The highest BCUT2D eigenvalue weighted by molar-refractivity contribution is 6.02. The molecule has 0 radical (unpaired) electrons. The minimum Gasteiger partial charge on any atom is -0.438 e. The second kappa shape index (κ2) is 9.29. The van der Waals surface area contributed by atoms with E-state index in [1.165, 1.54) is 10.5 Å².